The van der Waals surface area contributed by atoms with Gasteiger partial charge in [-0.3, -0.25) is 0 Å². The topological polar surface area (TPSA) is 47.3 Å². The number of rotatable bonds is 4. The van der Waals surface area contributed by atoms with Gasteiger partial charge in [-0.1, -0.05) is 0 Å². The van der Waals surface area contributed by atoms with Crippen molar-refractivity contribution in [2.45, 2.75) is 32.2 Å². The molecule has 0 spiro atoms. The number of urea groups is 1. The van der Waals surface area contributed by atoms with Gasteiger partial charge in [0.1, 0.15) is 0 Å². The largest absolute Gasteiger partial charge is 0.331 e. The second-order valence-corrected chi connectivity index (χ2v) is 4.36. The lowest BCUT2D eigenvalue weighted by Gasteiger charge is -2.31. The fourth-order valence-electron chi connectivity index (χ4n) is 1.73. The van der Waals surface area contributed by atoms with Crippen LogP contribution in [0.1, 0.15) is 26.2 Å². The first-order valence-electron chi connectivity index (χ1n) is 5.42. The minimum atomic E-state index is 0.0182. The van der Waals surface area contributed by atoms with Crippen molar-refractivity contribution in [1.82, 2.24) is 9.80 Å². The summed E-state index contributed by atoms with van der Waals surface area (Å²) in [4.78, 5) is 15.3. The van der Waals surface area contributed by atoms with Gasteiger partial charge in [0.25, 0.3) is 0 Å². The third-order valence-corrected chi connectivity index (χ3v) is 2.89. The molecule has 0 aromatic carbocycles. The van der Waals surface area contributed by atoms with E-state index in [4.69, 9.17) is 5.26 Å². The first kappa shape index (κ1) is 11.8. The molecule has 0 saturated heterocycles. The molecular weight excluding hydrogens is 190 g/mol. The molecule has 4 nitrogen and oxygen atoms in total. The summed E-state index contributed by atoms with van der Waals surface area (Å²) in [7, 11) is 3.50. The number of amides is 2. The second-order valence-electron chi connectivity index (χ2n) is 4.36. The molecule has 1 atom stereocenters. The molecule has 1 aliphatic carbocycles. The van der Waals surface area contributed by atoms with E-state index >= 15 is 0 Å². The number of nitrogens with zero attached hydrogens (tertiary/aromatic N) is 3. The molecule has 0 aromatic heterocycles. The highest BCUT2D eigenvalue weighted by molar-refractivity contribution is 5.74. The zero-order valence-corrected chi connectivity index (χ0v) is 9.73. The van der Waals surface area contributed by atoms with Gasteiger partial charge < -0.3 is 9.80 Å². The highest BCUT2D eigenvalue weighted by Gasteiger charge is 2.34. The monoisotopic (exact) mass is 209 g/mol. The van der Waals surface area contributed by atoms with Gasteiger partial charge in [0, 0.05) is 26.7 Å². The number of hydrogen-bond donors (Lipinski definition) is 0. The molecule has 0 bridgehead atoms. The van der Waals surface area contributed by atoms with Gasteiger partial charge >= 0.3 is 6.03 Å². The first-order valence-corrected chi connectivity index (χ1v) is 5.42. The van der Waals surface area contributed by atoms with Crippen LogP contribution in [-0.2, 0) is 0 Å². The highest BCUT2D eigenvalue weighted by Crippen LogP contribution is 2.35. The second kappa shape index (κ2) is 5.01. The van der Waals surface area contributed by atoms with Crippen molar-refractivity contribution >= 4 is 6.03 Å². The van der Waals surface area contributed by atoms with E-state index in [0.717, 1.165) is 0 Å². The maximum atomic E-state index is 11.9. The third kappa shape index (κ3) is 3.12. The van der Waals surface area contributed by atoms with Crippen molar-refractivity contribution in [2.24, 2.45) is 5.92 Å². The van der Waals surface area contributed by atoms with E-state index in [2.05, 4.69) is 13.0 Å². The molecule has 15 heavy (non-hydrogen) atoms. The average Bonchev–Trinajstić information content (AvgIpc) is 3.00. The predicted molar refractivity (Wildman–Crippen MR) is 58.2 cm³/mol. The Morgan fingerprint density at radius 3 is 2.53 bits per heavy atom. The zero-order chi connectivity index (χ0) is 11.4. The lowest BCUT2D eigenvalue weighted by Crippen LogP contribution is -2.45. The molecule has 4 heteroatoms. The van der Waals surface area contributed by atoms with Gasteiger partial charge in [0.15, 0.2) is 0 Å². The zero-order valence-electron chi connectivity index (χ0n) is 9.73. The van der Waals surface area contributed by atoms with Crippen LogP contribution in [0.2, 0.25) is 0 Å². The standard InChI is InChI=1S/C11H19N3O/c1-9(10-5-6-10)14(8-4-7-12)11(15)13(2)3/h9-10H,4-6,8H2,1-3H3. The van der Waals surface area contributed by atoms with Crippen LogP contribution in [0.4, 0.5) is 4.79 Å². The normalized spacial score (nSPS) is 16.7. The molecular formula is C11H19N3O. The number of hydrogen-bond acceptors (Lipinski definition) is 2. The molecule has 2 amide bonds. The molecule has 1 fully saturated rings. The minimum absolute atomic E-state index is 0.0182. The summed E-state index contributed by atoms with van der Waals surface area (Å²) < 4.78 is 0. The van der Waals surface area contributed by atoms with Gasteiger partial charge in [-0.2, -0.15) is 5.26 Å². The van der Waals surface area contributed by atoms with Crippen LogP contribution in [0.25, 0.3) is 0 Å². The summed E-state index contributed by atoms with van der Waals surface area (Å²) >= 11 is 0. The van der Waals surface area contributed by atoms with E-state index in [1.807, 2.05) is 4.90 Å². The van der Waals surface area contributed by atoms with Crippen LogP contribution in [0, 0.1) is 17.2 Å². The molecule has 1 saturated carbocycles. The van der Waals surface area contributed by atoms with Crippen LogP contribution >= 0.6 is 0 Å². The Balaban J connectivity index is 2.59. The maximum absolute atomic E-state index is 11.9. The molecule has 0 heterocycles. The Morgan fingerprint density at radius 1 is 1.53 bits per heavy atom. The third-order valence-electron chi connectivity index (χ3n) is 2.89. The number of carbonyl (C=O) groups excluding carboxylic acids is 1. The molecule has 1 aliphatic rings. The molecule has 0 aromatic rings. The number of nitriles is 1. The summed E-state index contributed by atoms with van der Waals surface area (Å²) in [6, 6.07) is 2.38. The van der Waals surface area contributed by atoms with Gasteiger partial charge in [-0.05, 0) is 25.7 Å². The summed E-state index contributed by atoms with van der Waals surface area (Å²) in [6.45, 7) is 2.63. The quantitative estimate of drug-likeness (QED) is 0.707. The average molecular weight is 209 g/mol. The Labute approximate surface area is 91.5 Å². The molecule has 0 radical (unpaired) electrons. The molecule has 0 N–H and O–H groups in total. The summed E-state index contributed by atoms with van der Waals surface area (Å²) in [5, 5.41) is 8.57. The minimum Gasteiger partial charge on any atom is -0.331 e. The van der Waals surface area contributed by atoms with Crippen molar-refractivity contribution in [2.75, 3.05) is 20.6 Å². The molecule has 0 aliphatic heterocycles. The maximum Gasteiger partial charge on any atom is 0.319 e. The van der Waals surface area contributed by atoms with E-state index in [1.54, 1.807) is 19.0 Å². The number of carbonyl (C=O) groups is 1. The Kier molecular flexibility index (Phi) is 3.96. The van der Waals surface area contributed by atoms with E-state index in [-0.39, 0.29) is 12.1 Å². The summed E-state index contributed by atoms with van der Waals surface area (Å²) in [6.07, 6.45) is 2.84. The van der Waals surface area contributed by atoms with Crippen molar-refractivity contribution in [3.63, 3.8) is 0 Å². The highest BCUT2D eigenvalue weighted by atomic mass is 16.2. The predicted octanol–water partition coefficient (Wildman–Crippen LogP) is 1.68. The van der Waals surface area contributed by atoms with E-state index in [9.17, 15) is 4.79 Å². The van der Waals surface area contributed by atoms with Crippen molar-refractivity contribution in [1.29, 1.82) is 5.26 Å². The van der Waals surface area contributed by atoms with Crippen LogP contribution in [0.3, 0.4) is 0 Å². The molecule has 1 unspecified atom stereocenters. The van der Waals surface area contributed by atoms with Crippen molar-refractivity contribution in [3.05, 3.63) is 0 Å². The van der Waals surface area contributed by atoms with Crippen molar-refractivity contribution in [3.8, 4) is 6.07 Å². The van der Waals surface area contributed by atoms with Crippen LogP contribution in [-0.4, -0.2) is 42.5 Å². The van der Waals surface area contributed by atoms with E-state index in [0.29, 0.717) is 18.9 Å². The fraction of sp³-hybridized carbons (Fsp3) is 0.818. The first-order chi connectivity index (χ1) is 7.07. The fourth-order valence-corrected chi connectivity index (χ4v) is 1.73. The van der Waals surface area contributed by atoms with Gasteiger partial charge in [-0.15, -0.1) is 0 Å². The summed E-state index contributed by atoms with van der Waals surface area (Å²) in [5.74, 6) is 0.646. The van der Waals surface area contributed by atoms with E-state index in [1.165, 1.54) is 12.8 Å². The Hall–Kier alpha value is -1.24. The van der Waals surface area contributed by atoms with Gasteiger partial charge in [0.2, 0.25) is 0 Å². The van der Waals surface area contributed by atoms with E-state index < -0.39 is 0 Å². The van der Waals surface area contributed by atoms with Crippen molar-refractivity contribution < 1.29 is 4.79 Å². The SMILES string of the molecule is CC(C1CC1)N(CCC#N)C(=O)N(C)C. The molecule has 1 rings (SSSR count). The molecule has 84 valence electrons. The van der Waals surface area contributed by atoms with Gasteiger partial charge in [0.05, 0.1) is 12.5 Å². The smallest absolute Gasteiger partial charge is 0.319 e. The lowest BCUT2D eigenvalue weighted by atomic mass is 10.2. The summed E-state index contributed by atoms with van der Waals surface area (Å²) in [5.41, 5.74) is 0. The van der Waals surface area contributed by atoms with Crippen LogP contribution in [0.5, 0.6) is 0 Å². The Morgan fingerprint density at radius 2 is 2.13 bits per heavy atom. The Bertz CT molecular complexity index is 265. The van der Waals surface area contributed by atoms with Crippen LogP contribution in [0.15, 0.2) is 0 Å². The van der Waals surface area contributed by atoms with Gasteiger partial charge in [-0.25, -0.2) is 4.79 Å². The lowest BCUT2D eigenvalue weighted by molar-refractivity contribution is 0.148. The van der Waals surface area contributed by atoms with Crippen LogP contribution < -0.4 is 0 Å².